The van der Waals surface area contributed by atoms with Crippen molar-refractivity contribution in [3.8, 4) is 0 Å². The van der Waals surface area contributed by atoms with E-state index in [4.69, 9.17) is 0 Å². The van der Waals surface area contributed by atoms with Crippen LogP contribution < -0.4 is 22.5 Å². The maximum absolute atomic E-state index is 12.9. The van der Waals surface area contributed by atoms with Crippen LogP contribution in [0.25, 0.3) is 22.1 Å². The maximum Gasteiger partial charge on any atom is 0.333 e. The molecule has 0 aliphatic rings. The van der Waals surface area contributed by atoms with Crippen LogP contribution in [0.2, 0.25) is 0 Å². The van der Waals surface area contributed by atoms with Crippen molar-refractivity contribution in [2.24, 2.45) is 14.1 Å². The Morgan fingerprint density at radius 1 is 0.731 bits per heavy atom. The van der Waals surface area contributed by atoms with Crippen molar-refractivity contribution in [1.29, 1.82) is 0 Å². The summed E-state index contributed by atoms with van der Waals surface area (Å²) in [7, 11) is 2.87. The lowest BCUT2D eigenvalue weighted by Crippen LogP contribution is -2.42. The average molecular weight is 359 g/mol. The van der Waals surface area contributed by atoms with Crippen LogP contribution in [0.5, 0.6) is 0 Å². The molecule has 0 spiro atoms. The van der Waals surface area contributed by atoms with Gasteiger partial charge < -0.3 is 0 Å². The molecule has 3 aromatic rings. The molecule has 138 valence electrons. The third kappa shape index (κ3) is 2.27. The highest BCUT2D eigenvalue weighted by molar-refractivity contribution is 5.88. The molecular weight excluding hydrogens is 338 g/mol. The fourth-order valence-electron chi connectivity index (χ4n) is 3.18. The first kappa shape index (κ1) is 17.8. The van der Waals surface area contributed by atoms with E-state index >= 15 is 0 Å². The zero-order chi connectivity index (χ0) is 19.5. The predicted molar refractivity (Wildman–Crippen MR) is 99.0 cm³/mol. The highest BCUT2D eigenvalue weighted by Crippen LogP contribution is 2.16. The zero-order valence-corrected chi connectivity index (χ0v) is 15.6. The van der Waals surface area contributed by atoms with Crippen molar-refractivity contribution in [2.45, 2.75) is 39.8 Å². The second-order valence-electron chi connectivity index (χ2n) is 6.95. The summed E-state index contributed by atoms with van der Waals surface area (Å²) in [5, 5.41) is 0.332. The first-order valence-corrected chi connectivity index (χ1v) is 8.35. The Hall–Kier alpha value is -2.97. The van der Waals surface area contributed by atoms with Crippen molar-refractivity contribution in [2.75, 3.05) is 0 Å². The van der Waals surface area contributed by atoms with Crippen molar-refractivity contribution >= 4 is 22.1 Å². The third-order valence-electron chi connectivity index (χ3n) is 4.53. The Balaban J connectivity index is 2.74. The topological polar surface area (TPSA) is 101 Å². The van der Waals surface area contributed by atoms with Gasteiger partial charge in [-0.05, 0) is 33.8 Å². The molecule has 0 saturated heterocycles. The molecule has 3 aromatic heterocycles. The average Bonchev–Trinajstić information content (AvgIpc) is 2.56. The van der Waals surface area contributed by atoms with E-state index in [1.54, 1.807) is 13.8 Å². The molecular formula is C17H21N5O4. The maximum atomic E-state index is 12.9. The second kappa shape index (κ2) is 5.79. The van der Waals surface area contributed by atoms with Gasteiger partial charge in [0.15, 0.2) is 11.3 Å². The van der Waals surface area contributed by atoms with Gasteiger partial charge in [-0.2, -0.15) is 0 Å². The van der Waals surface area contributed by atoms with Gasteiger partial charge in [0.25, 0.3) is 11.1 Å². The zero-order valence-electron chi connectivity index (χ0n) is 15.6. The Kier molecular flexibility index (Phi) is 3.97. The molecule has 0 atom stereocenters. The lowest BCUT2D eigenvalue weighted by Gasteiger charge is -2.18. The number of fused-ring (bicyclic) bond motifs is 2. The molecule has 0 fully saturated rings. The van der Waals surface area contributed by atoms with Gasteiger partial charge in [0.05, 0.1) is 10.8 Å². The molecule has 0 aromatic carbocycles. The number of hydrogen-bond donors (Lipinski definition) is 0. The van der Waals surface area contributed by atoms with Crippen LogP contribution in [-0.4, -0.2) is 23.3 Å². The Labute approximate surface area is 147 Å². The molecule has 0 unspecified atom stereocenters. The molecule has 3 rings (SSSR count). The van der Waals surface area contributed by atoms with Crippen LogP contribution >= 0.6 is 0 Å². The Morgan fingerprint density at radius 2 is 1.27 bits per heavy atom. The molecule has 0 radical (unpaired) electrons. The smallest absolute Gasteiger partial charge is 0.280 e. The monoisotopic (exact) mass is 359 g/mol. The standard InChI is InChI=1S/C17H21N5O4/c1-8(2)21-13-11(15(24)22(9(3)4)17(21)26)7-10-12(18-13)19(5)16(25)20(6)14(10)23/h7-9H,1-6H3. The van der Waals surface area contributed by atoms with Crippen LogP contribution in [0.3, 0.4) is 0 Å². The van der Waals surface area contributed by atoms with Gasteiger partial charge in [0.2, 0.25) is 0 Å². The van der Waals surface area contributed by atoms with Crippen LogP contribution in [0.4, 0.5) is 0 Å². The fourth-order valence-corrected chi connectivity index (χ4v) is 3.18. The van der Waals surface area contributed by atoms with Gasteiger partial charge in [0.1, 0.15) is 0 Å². The number of rotatable bonds is 2. The number of aryl methyl sites for hydroxylation is 1. The van der Waals surface area contributed by atoms with Crippen LogP contribution in [-0.2, 0) is 14.1 Å². The molecule has 9 heteroatoms. The Bertz CT molecular complexity index is 1290. The summed E-state index contributed by atoms with van der Waals surface area (Å²) in [4.78, 5) is 54.8. The number of nitrogens with zero attached hydrogens (tertiary/aromatic N) is 5. The summed E-state index contributed by atoms with van der Waals surface area (Å²) >= 11 is 0. The summed E-state index contributed by atoms with van der Waals surface area (Å²) in [6.45, 7) is 7.11. The molecule has 9 nitrogen and oxygen atoms in total. The first-order chi connectivity index (χ1) is 12.1. The first-order valence-electron chi connectivity index (χ1n) is 8.35. The van der Waals surface area contributed by atoms with E-state index < -0.39 is 22.5 Å². The summed E-state index contributed by atoms with van der Waals surface area (Å²) < 4.78 is 4.77. The molecule has 0 amide bonds. The number of aromatic nitrogens is 5. The van der Waals surface area contributed by atoms with Gasteiger partial charge in [-0.25, -0.2) is 14.6 Å². The van der Waals surface area contributed by atoms with Crippen molar-refractivity contribution in [3.05, 3.63) is 47.7 Å². The minimum absolute atomic E-state index is 0.140. The summed E-state index contributed by atoms with van der Waals surface area (Å²) in [5.41, 5.74) is -1.71. The van der Waals surface area contributed by atoms with Gasteiger partial charge in [-0.15, -0.1) is 0 Å². The second-order valence-corrected chi connectivity index (χ2v) is 6.95. The molecule has 0 saturated carbocycles. The summed E-state index contributed by atoms with van der Waals surface area (Å²) in [6.07, 6.45) is 0. The quantitative estimate of drug-likeness (QED) is 0.611. The lowest BCUT2D eigenvalue weighted by atomic mass is 10.2. The van der Waals surface area contributed by atoms with Crippen LogP contribution in [0.1, 0.15) is 39.8 Å². The fraction of sp³-hybridized carbons (Fsp3) is 0.471. The summed E-state index contributed by atoms with van der Waals surface area (Å²) in [6, 6.07) is 0.825. The highest BCUT2D eigenvalue weighted by Gasteiger charge is 2.20. The van der Waals surface area contributed by atoms with E-state index in [1.165, 1.54) is 29.3 Å². The number of hydrogen-bond acceptors (Lipinski definition) is 5. The van der Waals surface area contributed by atoms with E-state index in [0.717, 1.165) is 9.13 Å². The molecule has 3 heterocycles. The normalized spacial score (nSPS) is 12.0. The number of pyridine rings is 1. The minimum Gasteiger partial charge on any atom is -0.280 e. The molecule has 0 bridgehead atoms. The van der Waals surface area contributed by atoms with Crippen LogP contribution in [0.15, 0.2) is 25.2 Å². The van der Waals surface area contributed by atoms with E-state index in [2.05, 4.69) is 4.98 Å². The molecule has 0 aliphatic heterocycles. The van der Waals surface area contributed by atoms with Crippen molar-refractivity contribution in [3.63, 3.8) is 0 Å². The van der Waals surface area contributed by atoms with E-state index in [0.29, 0.717) is 0 Å². The molecule has 0 N–H and O–H groups in total. The van der Waals surface area contributed by atoms with E-state index in [-0.39, 0.29) is 34.2 Å². The third-order valence-corrected chi connectivity index (χ3v) is 4.53. The van der Waals surface area contributed by atoms with E-state index in [9.17, 15) is 19.2 Å². The summed E-state index contributed by atoms with van der Waals surface area (Å²) in [5.74, 6) is 0. The molecule has 0 aliphatic carbocycles. The van der Waals surface area contributed by atoms with Crippen LogP contribution in [0, 0.1) is 0 Å². The van der Waals surface area contributed by atoms with Gasteiger partial charge in [0, 0.05) is 26.2 Å². The SMILES string of the molecule is CC(C)n1c(=O)c2cc3c(=O)n(C)c(=O)n(C)c3nc2n(C(C)C)c1=O. The van der Waals surface area contributed by atoms with Gasteiger partial charge in [-0.3, -0.25) is 27.9 Å². The van der Waals surface area contributed by atoms with E-state index in [1.807, 2.05) is 13.8 Å². The predicted octanol–water partition coefficient (Wildman–Crippen LogP) is 0.271. The molecule has 26 heavy (non-hydrogen) atoms. The van der Waals surface area contributed by atoms with Gasteiger partial charge >= 0.3 is 11.4 Å². The van der Waals surface area contributed by atoms with Crippen molar-refractivity contribution < 1.29 is 0 Å². The largest absolute Gasteiger partial charge is 0.333 e. The minimum atomic E-state index is -0.532. The van der Waals surface area contributed by atoms with Crippen molar-refractivity contribution in [1.82, 2.24) is 23.3 Å². The van der Waals surface area contributed by atoms with Gasteiger partial charge in [-0.1, -0.05) is 0 Å². The lowest BCUT2D eigenvalue weighted by molar-refractivity contribution is 0.486. The highest BCUT2D eigenvalue weighted by atomic mass is 16.2. The Morgan fingerprint density at radius 3 is 1.81 bits per heavy atom.